The van der Waals surface area contributed by atoms with Crippen molar-refractivity contribution in [3.8, 4) is 0 Å². The Bertz CT molecular complexity index is 174. The third kappa shape index (κ3) is 1.67. The van der Waals surface area contributed by atoms with Crippen molar-refractivity contribution in [1.29, 1.82) is 0 Å². The normalized spacial score (nSPS) is 28.6. The summed E-state index contributed by atoms with van der Waals surface area (Å²) < 4.78 is 4.52. The third-order valence-electron chi connectivity index (χ3n) is 2.11. The summed E-state index contributed by atoms with van der Waals surface area (Å²) in [6.07, 6.45) is -0.906. The van der Waals surface area contributed by atoms with E-state index in [1.807, 2.05) is 0 Å². The summed E-state index contributed by atoms with van der Waals surface area (Å²) in [4.78, 5) is 12.4. The van der Waals surface area contributed by atoms with Crippen LogP contribution in [0.5, 0.6) is 0 Å². The van der Waals surface area contributed by atoms with Gasteiger partial charge in [0.1, 0.15) is 0 Å². The molecule has 1 aliphatic heterocycles. The molecule has 5 nitrogen and oxygen atoms in total. The molecule has 5 heteroatoms. The van der Waals surface area contributed by atoms with Crippen molar-refractivity contribution in [3.63, 3.8) is 0 Å². The summed E-state index contributed by atoms with van der Waals surface area (Å²) in [6, 6.07) is -0.169. The van der Waals surface area contributed by atoms with E-state index in [1.54, 1.807) is 7.05 Å². The summed E-state index contributed by atoms with van der Waals surface area (Å²) in [5.41, 5.74) is 0. The lowest BCUT2D eigenvalue weighted by Gasteiger charge is -2.24. The van der Waals surface area contributed by atoms with Gasteiger partial charge in [0.05, 0.1) is 19.3 Å². The van der Waals surface area contributed by atoms with Gasteiger partial charge in [0.2, 0.25) is 0 Å². The SMILES string of the molecule is COC(=O)N(C)C1CNCC1O. The first-order chi connectivity index (χ1) is 5.66. The van der Waals surface area contributed by atoms with Crippen molar-refractivity contribution in [1.82, 2.24) is 10.2 Å². The Labute approximate surface area is 71.3 Å². The molecule has 1 aliphatic rings. The molecule has 1 rings (SSSR count). The lowest BCUT2D eigenvalue weighted by molar-refractivity contribution is 0.0771. The number of nitrogens with one attached hydrogen (secondary N) is 1. The highest BCUT2D eigenvalue weighted by Gasteiger charge is 2.31. The molecule has 0 saturated carbocycles. The molecule has 0 aliphatic carbocycles. The predicted molar refractivity (Wildman–Crippen MR) is 42.8 cm³/mol. The van der Waals surface area contributed by atoms with Crippen LogP contribution in [0.25, 0.3) is 0 Å². The highest BCUT2D eigenvalue weighted by molar-refractivity contribution is 5.67. The molecule has 1 saturated heterocycles. The van der Waals surface area contributed by atoms with Gasteiger partial charge >= 0.3 is 6.09 Å². The Morgan fingerprint density at radius 3 is 2.75 bits per heavy atom. The molecule has 1 amide bonds. The number of rotatable bonds is 1. The van der Waals surface area contributed by atoms with Crippen LogP contribution in [0.1, 0.15) is 0 Å². The smallest absolute Gasteiger partial charge is 0.409 e. The second kappa shape index (κ2) is 3.73. The van der Waals surface area contributed by atoms with Crippen LogP contribution in [0, 0.1) is 0 Å². The van der Waals surface area contributed by atoms with Crippen LogP contribution in [0.2, 0.25) is 0 Å². The average molecular weight is 174 g/mol. The number of hydrogen-bond acceptors (Lipinski definition) is 4. The number of β-amino-alcohol motifs (C(OH)–C–C–N with tert-alkyl or cyclic N) is 1. The standard InChI is InChI=1S/C7H14N2O3/c1-9(7(11)12-2)5-3-8-4-6(5)10/h5-6,8,10H,3-4H2,1-2H3. The zero-order valence-corrected chi connectivity index (χ0v) is 7.28. The molecule has 12 heavy (non-hydrogen) atoms. The average Bonchev–Trinajstić information content (AvgIpc) is 2.48. The summed E-state index contributed by atoms with van der Waals surface area (Å²) >= 11 is 0. The number of likely N-dealkylation sites (N-methyl/N-ethyl adjacent to an activating group) is 1. The number of methoxy groups -OCH3 is 1. The van der Waals surface area contributed by atoms with Gasteiger partial charge in [0.25, 0.3) is 0 Å². The topological polar surface area (TPSA) is 61.8 Å². The Balaban J connectivity index is 2.51. The molecule has 2 unspecified atom stereocenters. The zero-order valence-electron chi connectivity index (χ0n) is 7.28. The van der Waals surface area contributed by atoms with E-state index < -0.39 is 12.2 Å². The minimum Gasteiger partial charge on any atom is -0.453 e. The second-order valence-electron chi connectivity index (χ2n) is 2.87. The van der Waals surface area contributed by atoms with Crippen molar-refractivity contribution < 1.29 is 14.6 Å². The highest BCUT2D eigenvalue weighted by atomic mass is 16.5. The Morgan fingerprint density at radius 1 is 1.67 bits per heavy atom. The van der Waals surface area contributed by atoms with Crippen LogP contribution in [0.4, 0.5) is 4.79 Å². The summed E-state index contributed by atoms with van der Waals surface area (Å²) in [5.74, 6) is 0. The third-order valence-corrected chi connectivity index (χ3v) is 2.11. The van der Waals surface area contributed by atoms with Crippen LogP contribution in [0.15, 0.2) is 0 Å². The van der Waals surface area contributed by atoms with E-state index in [2.05, 4.69) is 10.1 Å². The molecule has 1 heterocycles. The maximum absolute atomic E-state index is 11.0. The van der Waals surface area contributed by atoms with E-state index in [0.717, 1.165) is 0 Å². The number of hydrogen-bond donors (Lipinski definition) is 2. The fourth-order valence-electron chi connectivity index (χ4n) is 1.33. The second-order valence-corrected chi connectivity index (χ2v) is 2.87. The van der Waals surface area contributed by atoms with Crippen molar-refractivity contribution >= 4 is 6.09 Å². The number of nitrogens with zero attached hydrogens (tertiary/aromatic N) is 1. The predicted octanol–water partition coefficient (Wildman–Crippen LogP) is -0.983. The molecule has 2 N–H and O–H groups in total. The van der Waals surface area contributed by atoms with Gasteiger partial charge in [0.15, 0.2) is 0 Å². The lowest BCUT2D eigenvalue weighted by Crippen LogP contribution is -2.44. The highest BCUT2D eigenvalue weighted by Crippen LogP contribution is 2.07. The van der Waals surface area contributed by atoms with Crippen LogP contribution >= 0.6 is 0 Å². The van der Waals surface area contributed by atoms with Gasteiger partial charge in [-0.1, -0.05) is 0 Å². The summed E-state index contributed by atoms with van der Waals surface area (Å²) in [6.45, 7) is 1.15. The molecule has 0 spiro atoms. The zero-order chi connectivity index (χ0) is 9.14. The van der Waals surface area contributed by atoms with Crippen molar-refractivity contribution in [2.45, 2.75) is 12.1 Å². The number of ether oxygens (including phenoxy) is 1. The number of carbonyl (C=O) groups excluding carboxylic acids is 1. The summed E-state index contributed by atoms with van der Waals surface area (Å²) in [5, 5.41) is 12.4. The van der Waals surface area contributed by atoms with Gasteiger partial charge in [-0.3, -0.25) is 0 Å². The molecule has 1 fully saturated rings. The Morgan fingerprint density at radius 2 is 2.33 bits per heavy atom. The fraction of sp³-hybridized carbons (Fsp3) is 0.857. The minimum atomic E-state index is -0.492. The van der Waals surface area contributed by atoms with Gasteiger partial charge < -0.3 is 20.1 Å². The van der Waals surface area contributed by atoms with E-state index in [-0.39, 0.29) is 6.04 Å². The van der Waals surface area contributed by atoms with Crippen LogP contribution in [0.3, 0.4) is 0 Å². The first-order valence-corrected chi connectivity index (χ1v) is 3.86. The van der Waals surface area contributed by atoms with Crippen molar-refractivity contribution in [3.05, 3.63) is 0 Å². The number of aliphatic hydroxyl groups is 1. The molecule has 0 aromatic rings. The fourth-order valence-corrected chi connectivity index (χ4v) is 1.33. The number of carbonyl (C=O) groups is 1. The molecule has 70 valence electrons. The quantitative estimate of drug-likeness (QED) is 0.536. The van der Waals surface area contributed by atoms with E-state index >= 15 is 0 Å². The largest absolute Gasteiger partial charge is 0.453 e. The lowest BCUT2D eigenvalue weighted by atomic mass is 10.2. The maximum Gasteiger partial charge on any atom is 0.409 e. The molecule has 0 bridgehead atoms. The van der Waals surface area contributed by atoms with Crippen LogP contribution < -0.4 is 5.32 Å². The molecule has 2 atom stereocenters. The minimum absolute atomic E-state index is 0.169. The van der Waals surface area contributed by atoms with E-state index in [1.165, 1.54) is 12.0 Å². The molecule has 0 aromatic carbocycles. The van der Waals surface area contributed by atoms with Crippen LogP contribution in [-0.2, 0) is 4.74 Å². The van der Waals surface area contributed by atoms with Crippen molar-refractivity contribution in [2.75, 3.05) is 27.2 Å². The molecule has 0 radical (unpaired) electrons. The number of amides is 1. The summed E-state index contributed by atoms with van der Waals surface area (Å²) in [7, 11) is 2.94. The molecular formula is C7H14N2O3. The van der Waals surface area contributed by atoms with Gasteiger partial charge in [-0.05, 0) is 0 Å². The first kappa shape index (κ1) is 9.28. The van der Waals surface area contributed by atoms with E-state index in [4.69, 9.17) is 0 Å². The van der Waals surface area contributed by atoms with E-state index in [0.29, 0.717) is 13.1 Å². The maximum atomic E-state index is 11.0. The number of aliphatic hydroxyl groups excluding tert-OH is 1. The van der Waals surface area contributed by atoms with Gasteiger partial charge in [0, 0.05) is 20.1 Å². The monoisotopic (exact) mass is 174 g/mol. The Kier molecular flexibility index (Phi) is 2.88. The van der Waals surface area contributed by atoms with E-state index in [9.17, 15) is 9.90 Å². The van der Waals surface area contributed by atoms with Gasteiger partial charge in [-0.25, -0.2) is 4.79 Å². The first-order valence-electron chi connectivity index (χ1n) is 3.86. The Hall–Kier alpha value is -0.810. The van der Waals surface area contributed by atoms with Gasteiger partial charge in [-0.2, -0.15) is 0 Å². The van der Waals surface area contributed by atoms with Gasteiger partial charge in [-0.15, -0.1) is 0 Å². The van der Waals surface area contributed by atoms with Crippen molar-refractivity contribution in [2.24, 2.45) is 0 Å². The molecular weight excluding hydrogens is 160 g/mol. The molecule has 0 aromatic heterocycles. The van der Waals surface area contributed by atoms with Crippen LogP contribution in [-0.4, -0.2) is 55.5 Å².